The number of carbonyl (C=O) groups is 1. The van der Waals surface area contributed by atoms with Crippen LogP contribution < -0.4 is 10.6 Å². The number of pyridine rings is 2. The van der Waals surface area contributed by atoms with E-state index in [1.54, 1.807) is 36.5 Å². The molecule has 3 aromatic heterocycles. The number of hydrogen-bond acceptors (Lipinski definition) is 8. The highest BCUT2D eigenvalue weighted by molar-refractivity contribution is 9.10. The standard InChI is InChI=1S/C28H23BrN6O2S/c1-16(2)22-10-9-21-26(33-22)31-15-32-27(21)34-23-13-17(28(37)35-25-12-4-18(29)14-30-25)3-11-24(23)38-20-7-5-19(36)6-8-20/h3-16,36H,1-2H3,(H,30,35,37)(H,31,32,33,34). The van der Waals surface area contributed by atoms with Gasteiger partial charge in [-0.25, -0.2) is 19.9 Å². The molecule has 0 aliphatic heterocycles. The third kappa shape index (κ3) is 5.92. The summed E-state index contributed by atoms with van der Waals surface area (Å²) in [4.78, 5) is 32.6. The molecule has 10 heteroatoms. The van der Waals surface area contributed by atoms with Gasteiger partial charge in [-0.2, -0.15) is 0 Å². The maximum absolute atomic E-state index is 13.1. The number of benzene rings is 2. The Morgan fingerprint density at radius 1 is 0.974 bits per heavy atom. The molecule has 5 aromatic rings. The lowest BCUT2D eigenvalue weighted by Crippen LogP contribution is -2.13. The van der Waals surface area contributed by atoms with E-state index in [1.165, 1.54) is 18.1 Å². The number of halogens is 1. The number of nitrogens with one attached hydrogen (secondary N) is 2. The number of anilines is 3. The largest absolute Gasteiger partial charge is 0.508 e. The zero-order valence-electron chi connectivity index (χ0n) is 20.5. The molecule has 0 saturated carbocycles. The van der Waals surface area contributed by atoms with Crippen molar-refractivity contribution in [2.75, 3.05) is 10.6 Å². The SMILES string of the molecule is CC(C)c1ccc2c(Nc3cc(C(=O)Nc4ccc(Br)cn4)ccc3Sc3ccc(O)cc3)ncnc2n1. The van der Waals surface area contributed by atoms with Crippen LogP contribution in [0.15, 0.2) is 93.5 Å². The molecule has 1 amide bonds. The highest BCUT2D eigenvalue weighted by Gasteiger charge is 2.15. The van der Waals surface area contributed by atoms with Gasteiger partial charge in [0.05, 0.1) is 11.1 Å². The zero-order valence-corrected chi connectivity index (χ0v) is 22.9. The lowest BCUT2D eigenvalue weighted by molar-refractivity contribution is 0.102. The van der Waals surface area contributed by atoms with E-state index >= 15 is 0 Å². The number of phenols is 1. The highest BCUT2D eigenvalue weighted by atomic mass is 79.9. The minimum absolute atomic E-state index is 0.196. The molecule has 0 aliphatic carbocycles. The summed E-state index contributed by atoms with van der Waals surface area (Å²) in [5.74, 6) is 1.21. The van der Waals surface area contributed by atoms with Gasteiger partial charge in [-0.15, -0.1) is 0 Å². The maximum Gasteiger partial charge on any atom is 0.256 e. The first kappa shape index (κ1) is 25.6. The van der Waals surface area contributed by atoms with Crippen molar-refractivity contribution in [2.45, 2.75) is 29.6 Å². The summed E-state index contributed by atoms with van der Waals surface area (Å²) in [6.07, 6.45) is 3.10. The zero-order chi connectivity index (χ0) is 26.6. The molecule has 0 aliphatic rings. The molecule has 0 radical (unpaired) electrons. The predicted octanol–water partition coefficient (Wildman–Crippen LogP) is 7.16. The average molecular weight is 588 g/mol. The molecule has 0 bridgehead atoms. The third-order valence-corrected chi connectivity index (χ3v) is 7.19. The Labute approximate surface area is 232 Å². The van der Waals surface area contributed by atoms with E-state index in [-0.39, 0.29) is 17.6 Å². The van der Waals surface area contributed by atoms with Crippen molar-refractivity contribution in [3.8, 4) is 5.75 Å². The molecule has 0 saturated heterocycles. The van der Waals surface area contributed by atoms with E-state index in [9.17, 15) is 9.90 Å². The van der Waals surface area contributed by atoms with E-state index in [0.29, 0.717) is 28.5 Å². The Kier molecular flexibility index (Phi) is 7.52. The average Bonchev–Trinajstić information content (AvgIpc) is 2.92. The summed E-state index contributed by atoms with van der Waals surface area (Å²) in [5.41, 5.74) is 2.68. The van der Waals surface area contributed by atoms with Crippen LogP contribution in [0.2, 0.25) is 0 Å². The molecule has 0 fully saturated rings. The number of phenolic OH excluding ortho intramolecular Hbond substituents is 1. The van der Waals surface area contributed by atoms with E-state index in [1.807, 2.05) is 36.4 Å². The Morgan fingerprint density at radius 2 is 1.79 bits per heavy atom. The van der Waals surface area contributed by atoms with E-state index in [4.69, 9.17) is 0 Å². The summed E-state index contributed by atoms with van der Waals surface area (Å²) in [6, 6.07) is 19.8. The molecule has 190 valence electrons. The molecule has 0 atom stereocenters. The van der Waals surface area contributed by atoms with Gasteiger partial charge in [0.25, 0.3) is 5.91 Å². The van der Waals surface area contributed by atoms with Gasteiger partial charge < -0.3 is 15.7 Å². The molecule has 0 unspecified atom stereocenters. The number of amides is 1. The second kappa shape index (κ2) is 11.2. The summed E-state index contributed by atoms with van der Waals surface area (Å²) in [5, 5.41) is 16.7. The minimum atomic E-state index is -0.292. The molecule has 2 aromatic carbocycles. The van der Waals surface area contributed by atoms with Crippen LogP contribution in [0.3, 0.4) is 0 Å². The minimum Gasteiger partial charge on any atom is -0.508 e. The Hall–Kier alpha value is -4.02. The molecular weight excluding hydrogens is 564 g/mol. The van der Waals surface area contributed by atoms with Crippen molar-refractivity contribution in [1.82, 2.24) is 19.9 Å². The number of carbonyl (C=O) groups excluding carboxylic acids is 1. The number of fused-ring (bicyclic) bond motifs is 1. The Morgan fingerprint density at radius 3 is 2.53 bits per heavy atom. The van der Waals surface area contributed by atoms with Gasteiger partial charge in [0.1, 0.15) is 23.7 Å². The second-order valence-electron chi connectivity index (χ2n) is 8.73. The molecule has 38 heavy (non-hydrogen) atoms. The number of rotatable bonds is 7. The fourth-order valence-electron chi connectivity index (χ4n) is 3.64. The number of nitrogens with zero attached hydrogens (tertiary/aromatic N) is 4. The fraction of sp³-hybridized carbons (Fsp3) is 0.107. The number of hydrogen-bond donors (Lipinski definition) is 3. The number of aromatic nitrogens is 4. The van der Waals surface area contributed by atoms with Crippen molar-refractivity contribution in [1.29, 1.82) is 0 Å². The molecule has 0 spiro atoms. The van der Waals surface area contributed by atoms with Crippen LogP contribution in [-0.2, 0) is 0 Å². The number of aromatic hydroxyl groups is 1. The van der Waals surface area contributed by atoms with Crippen LogP contribution in [-0.4, -0.2) is 30.9 Å². The van der Waals surface area contributed by atoms with Crippen LogP contribution in [0.5, 0.6) is 5.75 Å². The summed E-state index contributed by atoms with van der Waals surface area (Å²) in [6.45, 7) is 4.17. The quantitative estimate of drug-likeness (QED) is 0.184. The van der Waals surface area contributed by atoms with Gasteiger partial charge in [-0.1, -0.05) is 25.6 Å². The summed E-state index contributed by atoms with van der Waals surface area (Å²) < 4.78 is 0.824. The van der Waals surface area contributed by atoms with Crippen molar-refractivity contribution < 1.29 is 9.90 Å². The molecule has 3 N–H and O–H groups in total. The van der Waals surface area contributed by atoms with Crippen LogP contribution >= 0.6 is 27.7 Å². The normalized spacial score (nSPS) is 11.1. The third-order valence-electron chi connectivity index (χ3n) is 5.64. The first-order valence-electron chi connectivity index (χ1n) is 11.8. The van der Waals surface area contributed by atoms with Crippen molar-refractivity contribution in [3.63, 3.8) is 0 Å². The van der Waals surface area contributed by atoms with Gasteiger partial charge in [0.15, 0.2) is 5.65 Å². The first-order chi connectivity index (χ1) is 18.4. The van der Waals surface area contributed by atoms with E-state index < -0.39 is 0 Å². The van der Waals surface area contributed by atoms with Gasteiger partial charge in [-0.05, 0) is 88.6 Å². The van der Waals surface area contributed by atoms with Crippen molar-refractivity contribution >= 4 is 62.0 Å². The van der Waals surface area contributed by atoms with Crippen LogP contribution in [0.25, 0.3) is 11.0 Å². The van der Waals surface area contributed by atoms with E-state index in [2.05, 4.69) is 60.3 Å². The van der Waals surface area contributed by atoms with Gasteiger partial charge >= 0.3 is 0 Å². The van der Waals surface area contributed by atoms with Crippen molar-refractivity contribution in [3.05, 3.63) is 95.0 Å². The van der Waals surface area contributed by atoms with Crippen molar-refractivity contribution in [2.24, 2.45) is 0 Å². The summed E-state index contributed by atoms with van der Waals surface area (Å²) >= 11 is 4.85. The molecular formula is C28H23BrN6O2S. The fourth-order valence-corrected chi connectivity index (χ4v) is 4.76. The monoisotopic (exact) mass is 586 g/mol. The Bertz CT molecular complexity index is 1610. The van der Waals surface area contributed by atoms with Crippen LogP contribution in [0.1, 0.15) is 35.8 Å². The van der Waals surface area contributed by atoms with Crippen LogP contribution in [0.4, 0.5) is 17.3 Å². The summed E-state index contributed by atoms with van der Waals surface area (Å²) in [7, 11) is 0. The van der Waals surface area contributed by atoms with Gasteiger partial charge in [0.2, 0.25) is 0 Å². The first-order valence-corrected chi connectivity index (χ1v) is 13.4. The van der Waals surface area contributed by atoms with Gasteiger partial charge in [0, 0.05) is 31.7 Å². The molecule has 8 nitrogen and oxygen atoms in total. The Balaban J connectivity index is 1.51. The lowest BCUT2D eigenvalue weighted by Gasteiger charge is -2.15. The van der Waals surface area contributed by atoms with Gasteiger partial charge in [-0.3, -0.25) is 4.79 Å². The molecule has 5 rings (SSSR count). The maximum atomic E-state index is 13.1. The smallest absolute Gasteiger partial charge is 0.256 e. The second-order valence-corrected chi connectivity index (χ2v) is 10.8. The lowest BCUT2D eigenvalue weighted by atomic mass is 10.1. The molecule has 3 heterocycles. The van der Waals surface area contributed by atoms with Crippen LogP contribution in [0, 0.1) is 0 Å². The highest BCUT2D eigenvalue weighted by Crippen LogP contribution is 2.37. The topological polar surface area (TPSA) is 113 Å². The predicted molar refractivity (Wildman–Crippen MR) is 153 cm³/mol. The van der Waals surface area contributed by atoms with E-state index in [0.717, 1.165) is 25.3 Å².